The van der Waals surface area contributed by atoms with E-state index in [2.05, 4.69) is 16.7 Å². The number of halogens is 2. The van der Waals surface area contributed by atoms with Crippen LogP contribution in [-0.2, 0) is 0 Å². The molecule has 3 aliphatic rings. The van der Waals surface area contributed by atoms with Gasteiger partial charge in [0.1, 0.15) is 0 Å². The van der Waals surface area contributed by atoms with Gasteiger partial charge in [0.25, 0.3) is 5.92 Å². The number of piperazine rings is 1. The van der Waals surface area contributed by atoms with Gasteiger partial charge >= 0.3 is 0 Å². The van der Waals surface area contributed by atoms with E-state index in [0.29, 0.717) is 6.42 Å². The van der Waals surface area contributed by atoms with Crippen molar-refractivity contribution in [3.63, 3.8) is 0 Å². The first-order valence-corrected chi connectivity index (χ1v) is 8.68. The Balaban J connectivity index is 1.51. The third-order valence-electron chi connectivity index (χ3n) is 5.32. The molecule has 2 saturated heterocycles. The van der Waals surface area contributed by atoms with Crippen molar-refractivity contribution < 1.29 is 8.78 Å². The topological polar surface area (TPSA) is 9.72 Å². The fourth-order valence-corrected chi connectivity index (χ4v) is 3.87. The van der Waals surface area contributed by atoms with Crippen LogP contribution in [0, 0.1) is 0 Å². The molecule has 0 amide bonds. The molecule has 3 fully saturated rings. The minimum absolute atomic E-state index is 0.0412. The van der Waals surface area contributed by atoms with E-state index in [1.807, 2.05) is 4.90 Å². The highest BCUT2D eigenvalue weighted by Crippen LogP contribution is 2.33. The molecule has 2 aliphatic heterocycles. The minimum atomic E-state index is -2.55. The van der Waals surface area contributed by atoms with Crippen LogP contribution in [0.1, 0.15) is 39.0 Å². The van der Waals surface area contributed by atoms with Gasteiger partial charge < -0.3 is 0 Å². The van der Waals surface area contributed by atoms with E-state index in [1.165, 1.54) is 12.8 Å². The number of likely N-dealkylation sites (tertiary alicyclic amines) is 1. The van der Waals surface area contributed by atoms with Gasteiger partial charge in [0.2, 0.25) is 0 Å². The van der Waals surface area contributed by atoms with Gasteiger partial charge in [-0.1, -0.05) is 13.3 Å². The summed E-state index contributed by atoms with van der Waals surface area (Å²) >= 11 is 0. The standard InChI is InChI=1S/C16H29F2N3/c1-2-3-7-19-8-6-15(16(17,18)13-19)21-11-9-20(10-12-21)14-4-5-14/h14-15H,2-13H2,1H3. The summed E-state index contributed by atoms with van der Waals surface area (Å²) in [4.78, 5) is 6.52. The van der Waals surface area contributed by atoms with Gasteiger partial charge in [-0.3, -0.25) is 14.7 Å². The molecule has 21 heavy (non-hydrogen) atoms. The predicted molar refractivity (Wildman–Crippen MR) is 80.9 cm³/mol. The van der Waals surface area contributed by atoms with Gasteiger partial charge in [-0.25, -0.2) is 8.78 Å². The lowest BCUT2D eigenvalue weighted by molar-refractivity contribution is -0.133. The first-order valence-electron chi connectivity index (χ1n) is 8.68. The summed E-state index contributed by atoms with van der Waals surface area (Å²) in [6, 6.07) is 0.236. The summed E-state index contributed by atoms with van der Waals surface area (Å²) in [5, 5.41) is 0. The molecule has 0 aromatic heterocycles. The van der Waals surface area contributed by atoms with E-state index in [-0.39, 0.29) is 6.54 Å². The third kappa shape index (κ3) is 3.74. The highest BCUT2D eigenvalue weighted by atomic mass is 19.3. The lowest BCUT2D eigenvalue weighted by atomic mass is 9.98. The van der Waals surface area contributed by atoms with Crippen LogP contribution in [0.5, 0.6) is 0 Å². The van der Waals surface area contributed by atoms with Gasteiger partial charge in [0, 0.05) is 38.8 Å². The summed E-state index contributed by atoms with van der Waals surface area (Å²) in [6.45, 7) is 7.35. The average molecular weight is 301 g/mol. The Labute approximate surface area is 127 Å². The molecular weight excluding hydrogens is 272 g/mol. The molecule has 1 atom stereocenters. The first kappa shape index (κ1) is 15.6. The van der Waals surface area contributed by atoms with Crippen molar-refractivity contribution in [2.24, 2.45) is 0 Å². The molecule has 0 N–H and O–H groups in total. The molecule has 122 valence electrons. The van der Waals surface area contributed by atoms with Gasteiger partial charge in [-0.2, -0.15) is 0 Å². The van der Waals surface area contributed by atoms with E-state index in [9.17, 15) is 8.78 Å². The van der Waals surface area contributed by atoms with Crippen molar-refractivity contribution in [3.8, 4) is 0 Å². The molecule has 0 bridgehead atoms. The number of unbranched alkanes of at least 4 members (excludes halogenated alkanes) is 1. The number of nitrogens with zero attached hydrogens (tertiary/aromatic N) is 3. The summed E-state index contributed by atoms with van der Waals surface area (Å²) in [6.07, 6.45) is 5.35. The van der Waals surface area contributed by atoms with E-state index in [1.54, 1.807) is 0 Å². The quantitative estimate of drug-likeness (QED) is 0.771. The number of piperidine rings is 1. The van der Waals surface area contributed by atoms with Gasteiger partial charge in [0.15, 0.2) is 0 Å². The monoisotopic (exact) mass is 301 g/mol. The highest BCUT2D eigenvalue weighted by molar-refractivity contribution is 4.96. The number of rotatable bonds is 5. The second-order valence-electron chi connectivity index (χ2n) is 7.00. The van der Waals surface area contributed by atoms with Crippen molar-refractivity contribution in [2.45, 2.75) is 57.0 Å². The Morgan fingerprint density at radius 2 is 1.62 bits per heavy atom. The molecule has 3 rings (SSSR count). The zero-order valence-corrected chi connectivity index (χ0v) is 13.2. The number of hydrogen-bond donors (Lipinski definition) is 0. The van der Waals surface area contributed by atoms with Crippen LogP contribution >= 0.6 is 0 Å². The molecule has 1 saturated carbocycles. The van der Waals surface area contributed by atoms with Crippen molar-refractivity contribution in [3.05, 3.63) is 0 Å². The van der Waals surface area contributed by atoms with Crippen molar-refractivity contribution in [2.75, 3.05) is 45.8 Å². The Hall–Kier alpha value is -0.260. The summed E-state index contributed by atoms with van der Waals surface area (Å²) in [5.41, 5.74) is 0. The van der Waals surface area contributed by atoms with Gasteiger partial charge in [0.05, 0.1) is 12.6 Å². The lowest BCUT2D eigenvalue weighted by Crippen LogP contribution is -2.62. The molecule has 0 aromatic carbocycles. The largest absolute Gasteiger partial charge is 0.298 e. The molecule has 2 heterocycles. The first-order chi connectivity index (χ1) is 10.1. The number of hydrogen-bond acceptors (Lipinski definition) is 3. The lowest BCUT2D eigenvalue weighted by Gasteiger charge is -2.46. The Morgan fingerprint density at radius 3 is 2.19 bits per heavy atom. The second-order valence-corrected chi connectivity index (χ2v) is 7.00. The minimum Gasteiger partial charge on any atom is -0.298 e. The van der Waals surface area contributed by atoms with Gasteiger partial charge in [-0.05, 0) is 32.2 Å². The smallest absolute Gasteiger partial charge is 0.275 e. The zero-order valence-electron chi connectivity index (χ0n) is 13.2. The normalized spacial score (nSPS) is 32.4. The number of alkyl halides is 2. The van der Waals surface area contributed by atoms with Crippen LogP contribution in [0.2, 0.25) is 0 Å². The van der Waals surface area contributed by atoms with Crippen LogP contribution in [0.3, 0.4) is 0 Å². The van der Waals surface area contributed by atoms with Crippen LogP contribution in [0.25, 0.3) is 0 Å². The summed E-state index contributed by atoms with van der Waals surface area (Å²) in [7, 11) is 0. The zero-order chi connectivity index (χ0) is 14.9. The van der Waals surface area contributed by atoms with Crippen LogP contribution in [0.4, 0.5) is 8.78 Å². The van der Waals surface area contributed by atoms with E-state index < -0.39 is 12.0 Å². The summed E-state index contributed by atoms with van der Waals surface area (Å²) < 4.78 is 29.0. The maximum absolute atomic E-state index is 14.5. The van der Waals surface area contributed by atoms with Crippen LogP contribution < -0.4 is 0 Å². The van der Waals surface area contributed by atoms with Crippen molar-refractivity contribution in [1.29, 1.82) is 0 Å². The maximum atomic E-state index is 14.5. The fourth-order valence-electron chi connectivity index (χ4n) is 3.87. The highest BCUT2D eigenvalue weighted by Gasteiger charge is 2.48. The maximum Gasteiger partial charge on any atom is 0.275 e. The fraction of sp³-hybridized carbons (Fsp3) is 1.00. The van der Waals surface area contributed by atoms with E-state index in [0.717, 1.165) is 58.2 Å². The van der Waals surface area contributed by atoms with E-state index in [4.69, 9.17) is 0 Å². The molecule has 0 spiro atoms. The van der Waals surface area contributed by atoms with E-state index >= 15 is 0 Å². The molecule has 0 aromatic rings. The van der Waals surface area contributed by atoms with Crippen LogP contribution in [-0.4, -0.2) is 78.5 Å². The predicted octanol–water partition coefficient (Wildman–Crippen LogP) is 2.28. The summed E-state index contributed by atoms with van der Waals surface area (Å²) in [5.74, 6) is -2.55. The Kier molecular flexibility index (Phi) is 4.81. The Morgan fingerprint density at radius 1 is 0.952 bits per heavy atom. The average Bonchev–Trinajstić information content (AvgIpc) is 3.29. The van der Waals surface area contributed by atoms with Crippen LogP contribution in [0.15, 0.2) is 0 Å². The van der Waals surface area contributed by atoms with Gasteiger partial charge in [-0.15, -0.1) is 0 Å². The van der Waals surface area contributed by atoms with Crippen molar-refractivity contribution in [1.82, 2.24) is 14.7 Å². The second kappa shape index (κ2) is 6.47. The van der Waals surface area contributed by atoms with Crippen molar-refractivity contribution >= 4 is 0 Å². The molecule has 3 nitrogen and oxygen atoms in total. The molecule has 5 heteroatoms. The third-order valence-corrected chi connectivity index (χ3v) is 5.32. The molecular formula is C16H29F2N3. The molecule has 1 unspecified atom stereocenters. The molecule has 1 aliphatic carbocycles. The SMILES string of the molecule is CCCCN1CCC(N2CCN(C3CC3)CC2)C(F)(F)C1. The Bertz CT molecular complexity index is 338. The molecule has 0 radical (unpaired) electrons.